The Labute approximate surface area is 197 Å². The van der Waals surface area contributed by atoms with Gasteiger partial charge in [0.2, 0.25) is 0 Å². The third kappa shape index (κ3) is 7.34. The van der Waals surface area contributed by atoms with Crippen molar-refractivity contribution in [1.82, 2.24) is 10.7 Å². The minimum atomic E-state index is -0.443. The maximum Gasteiger partial charge on any atom is 0.259 e. The van der Waals surface area contributed by atoms with Gasteiger partial charge in [-0.15, -0.1) is 0 Å². The van der Waals surface area contributed by atoms with Crippen LogP contribution < -0.4 is 15.5 Å². The number of carbonyl (C=O) groups is 2. The molecular weight excluding hydrogens is 526 g/mol. The van der Waals surface area contributed by atoms with Gasteiger partial charge in [-0.3, -0.25) is 9.59 Å². The van der Waals surface area contributed by atoms with E-state index in [1.165, 1.54) is 6.21 Å². The van der Waals surface area contributed by atoms with E-state index in [-0.39, 0.29) is 12.5 Å². The second-order valence-electron chi connectivity index (χ2n) is 6.44. The summed E-state index contributed by atoms with van der Waals surface area (Å²) in [5, 5.41) is 6.53. The molecule has 3 aromatic carbocycles. The van der Waals surface area contributed by atoms with Gasteiger partial charge in [0.15, 0.2) is 0 Å². The van der Waals surface area contributed by atoms with Gasteiger partial charge < -0.3 is 10.1 Å². The van der Waals surface area contributed by atoms with E-state index in [0.29, 0.717) is 23.5 Å². The minimum absolute atomic E-state index is 0.196. The Morgan fingerprint density at radius 3 is 2.48 bits per heavy atom. The molecule has 3 rings (SSSR count). The average Bonchev–Trinajstić information content (AvgIpc) is 2.77. The van der Waals surface area contributed by atoms with Gasteiger partial charge >= 0.3 is 0 Å². The third-order valence-electron chi connectivity index (χ3n) is 4.10. The molecule has 0 aromatic heterocycles. The van der Waals surface area contributed by atoms with Gasteiger partial charge in [0.25, 0.3) is 11.8 Å². The van der Waals surface area contributed by atoms with Crippen molar-refractivity contribution in [3.05, 3.63) is 98.4 Å². The summed E-state index contributed by atoms with van der Waals surface area (Å²) in [4.78, 5) is 24.1. The van der Waals surface area contributed by atoms with Crippen molar-refractivity contribution >= 4 is 49.9 Å². The van der Waals surface area contributed by atoms with Crippen molar-refractivity contribution in [2.75, 3.05) is 6.54 Å². The zero-order chi connectivity index (χ0) is 22.1. The molecule has 0 fully saturated rings. The summed E-state index contributed by atoms with van der Waals surface area (Å²) < 4.78 is 7.53. The van der Waals surface area contributed by atoms with Crippen LogP contribution in [0.25, 0.3) is 0 Å². The average molecular weight is 545 g/mol. The Kier molecular flexibility index (Phi) is 8.37. The van der Waals surface area contributed by atoms with E-state index in [1.807, 2.05) is 54.6 Å². The van der Waals surface area contributed by atoms with Crippen LogP contribution in [0, 0.1) is 0 Å². The second-order valence-corrected chi connectivity index (χ2v) is 8.27. The molecule has 0 saturated heterocycles. The summed E-state index contributed by atoms with van der Waals surface area (Å²) in [6, 6.07) is 22.3. The monoisotopic (exact) mass is 543 g/mol. The van der Waals surface area contributed by atoms with Crippen molar-refractivity contribution < 1.29 is 14.3 Å². The minimum Gasteiger partial charge on any atom is -0.488 e. The zero-order valence-electron chi connectivity index (χ0n) is 16.3. The molecule has 3 aromatic rings. The summed E-state index contributed by atoms with van der Waals surface area (Å²) >= 11 is 6.74. The van der Waals surface area contributed by atoms with E-state index in [9.17, 15) is 9.59 Å². The van der Waals surface area contributed by atoms with Crippen molar-refractivity contribution in [1.29, 1.82) is 0 Å². The smallest absolute Gasteiger partial charge is 0.259 e. The van der Waals surface area contributed by atoms with E-state index in [1.54, 1.807) is 18.2 Å². The van der Waals surface area contributed by atoms with E-state index < -0.39 is 5.91 Å². The lowest BCUT2D eigenvalue weighted by molar-refractivity contribution is -0.120. The second kappa shape index (κ2) is 11.4. The predicted octanol–water partition coefficient (Wildman–Crippen LogP) is 4.67. The maximum absolute atomic E-state index is 12.1. The van der Waals surface area contributed by atoms with Crippen LogP contribution in [0.15, 0.2) is 86.8 Å². The first-order valence-electron chi connectivity index (χ1n) is 9.33. The van der Waals surface area contributed by atoms with Crippen LogP contribution in [0.3, 0.4) is 0 Å². The topological polar surface area (TPSA) is 79.8 Å². The third-order valence-corrected chi connectivity index (χ3v) is 5.08. The Morgan fingerprint density at radius 1 is 0.935 bits per heavy atom. The number of nitrogens with one attached hydrogen (secondary N) is 2. The molecular formula is C23H19Br2N3O3. The standard InChI is InChI=1S/C23H19Br2N3O3/c24-19-8-4-7-17(11-19)23(30)26-14-22(29)28-27-13-18-12-20(25)9-10-21(18)31-15-16-5-2-1-3-6-16/h1-13H,14-15H2,(H,26,30)(H,28,29)/b27-13+. The van der Waals surface area contributed by atoms with Crippen LogP contribution in [-0.4, -0.2) is 24.6 Å². The lowest BCUT2D eigenvalue weighted by Gasteiger charge is -2.10. The van der Waals surface area contributed by atoms with Crippen LogP contribution in [0.5, 0.6) is 5.75 Å². The molecule has 2 amide bonds. The van der Waals surface area contributed by atoms with Crippen LogP contribution >= 0.6 is 31.9 Å². The largest absolute Gasteiger partial charge is 0.488 e. The summed E-state index contributed by atoms with van der Waals surface area (Å²) in [6.45, 7) is 0.218. The molecule has 0 aliphatic rings. The van der Waals surface area contributed by atoms with Crippen molar-refractivity contribution in [3.8, 4) is 5.75 Å². The van der Waals surface area contributed by atoms with Crippen LogP contribution in [-0.2, 0) is 11.4 Å². The fraction of sp³-hybridized carbons (Fsp3) is 0.0870. The highest BCUT2D eigenvalue weighted by Crippen LogP contribution is 2.22. The molecule has 0 radical (unpaired) electrons. The van der Waals surface area contributed by atoms with Crippen molar-refractivity contribution in [2.24, 2.45) is 5.10 Å². The molecule has 31 heavy (non-hydrogen) atoms. The SMILES string of the molecule is O=C(CNC(=O)c1cccc(Br)c1)N/N=C/c1cc(Br)ccc1OCc1ccccc1. The van der Waals surface area contributed by atoms with Gasteiger partial charge in [-0.05, 0) is 42.0 Å². The number of nitrogens with zero attached hydrogens (tertiary/aromatic N) is 1. The maximum atomic E-state index is 12.1. The van der Waals surface area contributed by atoms with E-state index >= 15 is 0 Å². The van der Waals surface area contributed by atoms with Gasteiger partial charge in [0, 0.05) is 20.1 Å². The van der Waals surface area contributed by atoms with Gasteiger partial charge in [-0.2, -0.15) is 5.10 Å². The molecule has 158 valence electrons. The molecule has 2 N–H and O–H groups in total. The summed E-state index contributed by atoms with van der Waals surface area (Å²) in [7, 11) is 0. The van der Waals surface area contributed by atoms with E-state index in [2.05, 4.69) is 47.7 Å². The highest BCUT2D eigenvalue weighted by atomic mass is 79.9. The molecule has 0 bridgehead atoms. The van der Waals surface area contributed by atoms with Crippen molar-refractivity contribution in [3.63, 3.8) is 0 Å². The fourth-order valence-electron chi connectivity index (χ4n) is 2.59. The number of amides is 2. The lowest BCUT2D eigenvalue weighted by Crippen LogP contribution is -2.34. The Bertz CT molecular complexity index is 1090. The molecule has 0 spiro atoms. The first-order valence-corrected chi connectivity index (χ1v) is 10.9. The Balaban J connectivity index is 1.54. The zero-order valence-corrected chi connectivity index (χ0v) is 19.5. The number of rotatable bonds is 8. The molecule has 0 heterocycles. The lowest BCUT2D eigenvalue weighted by atomic mass is 10.2. The molecule has 6 nitrogen and oxygen atoms in total. The number of hydrogen-bond donors (Lipinski definition) is 2. The molecule has 0 saturated carbocycles. The molecule has 0 unspecified atom stereocenters. The van der Waals surface area contributed by atoms with E-state index in [0.717, 1.165) is 14.5 Å². The molecule has 8 heteroatoms. The highest BCUT2D eigenvalue weighted by Gasteiger charge is 2.08. The van der Waals surface area contributed by atoms with Crippen LogP contribution in [0.1, 0.15) is 21.5 Å². The molecule has 0 aliphatic carbocycles. The number of carbonyl (C=O) groups excluding carboxylic acids is 2. The first kappa shape index (κ1) is 22.7. The first-order chi connectivity index (χ1) is 15.0. The summed E-state index contributed by atoms with van der Waals surface area (Å²) in [6.07, 6.45) is 1.50. The summed E-state index contributed by atoms with van der Waals surface area (Å²) in [5.74, 6) is -0.154. The highest BCUT2D eigenvalue weighted by molar-refractivity contribution is 9.10. The Morgan fingerprint density at radius 2 is 1.71 bits per heavy atom. The number of benzene rings is 3. The number of ether oxygens (including phenoxy) is 1. The predicted molar refractivity (Wildman–Crippen MR) is 127 cm³/mol. The number of halogens is 2. The fourth-order valence-corrected chi connectivity index (χ4v) is 3.37. The number of hydrazone groups is 1. The van der Waals surface area contributed by atoms with Crippen molar-refractivity contribution in [2.45, 2.75) is 6.61 Å². The van der Waals surface area contributed by atoms with Crippen LogP contribution in [0.2, 0.25) is 0 Å². The van der Waals surface area contributed by atoms with Gasteiger partial charge in [-0.25, -0.2) is 5.43 Å². The molecule has 0 atom stereocenters. The van der Waals surface area contributed by atoms with Gasteiger partial charge in [0.1, 0.15) is 12.4 Å². The van der Waals surface area contributed by atoms with Crippen LogP contribution in [0.4, 0.5) is 0 Å². The molecule has 0 aliphatic heterocycles. The normalized spacial score (nSPS) is 10.6. The van der Waals surface area contributed by atoms with Gasteiger partial charge in [-0.1, -0.05) is 68.3 Å². The Hall–Kier alpha value is -2.97. The summed E-state index contributed by atoms with van der Waals surface area (Å²) in [5.41, 5.74) is 4.61. The van der Waals surface area contributed by atoms with E-state index in [4.69, 9.17) is 4.74 Å². The number of hydrogen-bond acceptors (Lipinski definition) is 4. The van der Waals surface area contributed by atoms with Gasteiger partial charge in [0.05, 0.1) is 12.8 Å². The quantitative estimate of drug-likeness (QED) is 0.319.